The largest absolute Gasteiger partial charge is 0.493 e. The number of esters is 2. The number of carbonyl (C=O) groups is 3. The molecule has 0 bridgehead atoms. The van der Waals surface area contributed by atoms with Crippen molar-refractivity contribution in [1.29, 1.82) is 0 Å². The zero-order valence-electron chi connectivity index (χ0n) is 21.0. The highest BCUT2D eigenvalue weighted by atomic mass is 16.6. The van der Waals surface area contributed by atoms with Gasteiger partial charge in [0.25, 0.3) is 5.91 Å². The molecule has 2 aromatic carbocycles. The maximum absolute atomic E-state index is 13.0. The van der Waals surface area contributed by atoms with Gasteiger partial charge in [-0.2, -0.15) is 0 Å². The first kappa shape index (κ1) is 26.4. The Morgan fingerprint density at radius 3 is 2.25 bits per heavy atom. The second-order valence-electron chi connectivity index (χ2n) is 8.43. The van der Waals surface area contributed by atoms with Crippen LogP contribution in [0, 0.1) is 6.92 Å². The van der Waals surface area contributed by atoms with Crippen LogP contribution in [0.1, 0.15) is 58.7 Å². The summed E-state index contributed by atoms with van der Waals surface area (Å²) in [6, 6.07) is 16.7. The van der Waals surface area contributed by atoms with Crippen molar-refractivity contribution in [3.05, 3.63) is 89.2 Å². The number of nitrogens with one attached hydrogen (secondary N) is 1. The molecule has 0 saturated heterocycles. The van der Waals surface area contributed by atoms with Gasteiger partial charge in [-0.1, -0.05) is 49.4 Å². The van der Waals surface area contributed by atoms with Gasteiger partial charge >= 0.3 is 11.9 Å². The number of benzene rings is 2. The highest BCUT2D eigenvalue weighted by molar-refractivity contribution is 6.00. The first-order valence-corrected chi connectivity index (χ1v) is 11.6. The summed E-state index contributed by atoms with van der Waals surface area (Å²) in [6.45, 7) is 7.32. The molecule has 1 aromatic heterocycles. The smallest absolute Gasteiger partial charge is 0.343 e. The molecule has 3 atom stereocenters. The quantitative estimate of drug-likeness (QED) is 0.441. The summed E-state index contributed by atoms with van der Waals surface area (Å²) >= 11 is 0. The SMILES string of the molecule is COc1ccnc(C(=O)N[C@@H](C)C(=O)O[C@@H](C)[C@@H](C)c2ccccc2C)c1OC(=O)c1ccccc1. The molecule has 0 radical (unpaired) electrons. The summed E-state index contributed by atoms with van der Waals surface area (Å²) in [7, 11) is 1.38. The molecule has 0 saturated carbocycles. The van der Waals surface area contributed by atoms with Crippen molar-refractivity contribution in [3.8, 4) is 11.5 Å². The molecule has 3 rings (SSSR count). The summed E-state index contributed by atoms with van der Waals surface area (Å²) in [5, 5.41) is 2.57. The van der Waals surface area contributed by atoms with E-state index < -0.39 is 30.0 Å². The number of methoxy groups -OCH3 is 1. The second-order valence-corrected chi connectivity index (χ2v) is 8.43. The molecule has 1 N–H and O–H groups in total. The molecule has 0 aliphatic heterocycles. The van der Waals surface area contributed by atoms with Crippen LogP contribution in [0.5, 0.6) is 11.5 Å². The maximum atomic E-state index is 13.0. The zero-order chi connectivity index (χ0) is 26.2. The van der Waals surface area contributed by atoms with Crippen LogP contribution in [0.15, 0.2) is 66.9 Å². The lowest BCUT2D eigenvalue weighted by Gasteiger charge is -2.24. The van der Waals surface area contributed by atoms with Gasteiger partial charge in [-0.25, -0.2) is 14.6 Å². The number of hydrogen-bond donors (Lipinski definition) is 1. The Balaban J connectivity index is 1.71. The molecule has 0 spiro atoms. The minimum absolute atomic E-state index is 0.0397. The summed E-state index contributed by atoms with van der Waals surface area (Å²) in [5.41, 5.74) is 2.29. The number of amides is 1. The summed E-state index contributed by atoms with van der Waals surface area (Å²) in [6.07, 6.45) is 0.929. The normalized spacial score (nSPS) is 13.1. The van der Waals surface area contributed by atoms with Crippen molar-refractivity contribution in [2.24, 2.45) is 0 Å². The Bertz CT molecular complexity index is 1230. The molecular formula is C28H30N2O6. The second kappa shape index (κ2) is 12.0. The van der Waals surface area contributed by atoms with Gasteiger partial charge in [-0.15, -0.1) is 0 Å². The van der Waals surface area contributed by atoms with Gasteiger partial charge in [0, 0.05) is 18.2 Å². The molecule has 0 aliphatic carbocycles. The first-order valence-electron chi connectivity index (χ1n) is 11.6. The van der Waals surface area contributed by atoms with Gasteiger partial charge in [0.15, 0.2) is 11.4 Å². The van der Waals surface area contributed by atoms with Crippen molar-refractivity contribution < 1.29 is 28.6 Å². The third-order valence-electron chi connectivity index (χ3n) is 5.89. The van der Waals surface area contributed by atoms with E-state index in [0.717, 1.165) is 11.1 Å². The minimum atomic E-state index is -0.977. The lowest BCUT2D eigenvalue weighted by Crippen LogP contribution is -2.41. The highest BCUT2D eigenvalue weighted by Gasteiger charge is 2.27. The van der Waals surface area contributed by atoms with Crippen LogP contribution in [0.3, 0.4) is 0 Å². The van der Waals surface area contributed by atoms with E-state index in [9.17, 15) is 14.4 Å². The number of hydrogen-bond acceptors (Lipinski definition) is 7. The highest BCUT2D eigenvalue weighted by Crippen LogP contribution is 2.30. The number of rotatable bonds is 9. The minimum Gasteiger partial charge on any atom is -0.493 e. The van der Waals surface area contributed by atoms with E-state index >= 15 is 0 Å². The van der Waals surface area contributed by atoms with Crippen molar-refractivity contribution >= 4 is 17.8 Å². The number of carbonyl (C=O) groups excluding carboxylic acids is 3. The molecular weight excluding hydrogens is 460 g/mol. The van der Waals surface area contributed by atoms with Crippen LogP contribution in [-0.2, 0) is 9.53 Å². The first-order chi connectivity index (χ1) is 17.2. The average molecular weight is 491 g/mol. The molecule has 188 valence electrons. The molecule has 3 aromatic rings. The number of aromatic nitrogens is 1. The molecule has 0 aliphatic rings. The Morgan fingerprint density at radius 1 is 0.917 bits per heavy atom. The summed E-state index contributed by atoms with van der Waals surface area (Å²) < 4.78 is 16.4. The van der Waals surface area contributed by atoms with Gasteiger partial charge in [-0.3, -0.25) is 4.79 Å². The Labute approximate surface area is 210 Å². The Hall–Kier alpha value is -4.20. The lowest BCUT2D eigenvalue weighted by atomic mass is 9.92. The van der Waals surface area contributed by atoms with Crippen LogP contribution in [0.2, 0.25) is 0 Å². The van der Waals surface area contributed by atoms with Crippen LogP contribution >= 0.6 is 0 Å². The Kier molecular flexibility index (Phi) is 8.78. The van der Waals surface area contributed by atoms with Gasteiger partial charge in [0.05, 0.1) is 12.7 Å². The van der Waals surface area contributed by atoms with Crippen molar-refractivity contribution in [2.45, 2.75) is 45.8 Å². The molecule has 0 unspecified atom stereocenters. The predicted octanol–water partition coefficient (Wildman–Crippen LogP) is 4.47. The maximum Gasteiger partial charge on any atom is 0.343 e. The van der Waals surface area contributed by atoms with Crippen LogP contribution in [0.25, 0.3) is 0 Å². The van der Waals surface area contributed by atoms with Gasteiger partial charge in [-0.05, 0) is 44.0 Å². The zero-order valence-corrected chi connectivity index (χ0v) is 21.0. The number of aryl methyl sites for hydroxylation is 1. The standard InChI is InChI=1S/C28H30N2O6/c1-17-11-9-10-14-22(17)18(2)20(4)35-27(32)19(3)30-26(31)24-25(23(34-5)15-16-29-24)36-28(33)21-12-7-6-8-13-21/h6-16,18-20H,1-5H3,(H,30,31)/t18-,19+,20+/m1/s1. The van der Waals surface area contributed by atoms with E-state index in [0.29, 0.717) is 5.56 Å². The molecule has 8 heteroatoms. The Morgan fingerprint density at radius 2 is 1.58 bits per heavy atom. The summed E-state index contributed by atoms with van der Waals surface area (Å²) in [4.78, 5) is 42.4. The van der Waals surface area contributed by atoms with Gasteiger partial charge in [0.2, 0.25) is 5.75 Å². The molecule has 1 amide bonds. The topological polar surface area (TPSA) is 104 Å². The van der Waals surface area contributed by atoms with Crippen molar-refractivity contribution in [1.82, 2.24) is 10.3 Å². The third-order valence-corrected chi connectivity index (χ3v) is 5.89. The fourth-order valence-corrected chi connectivity index (χ4v) is 3.64. The summed E-state index contributed by atoms with van der Waals surface area (Å²) in [5.74, 6) is -2.02. The fraction of sp³-hybridized carbons (Fsp3) is 0.286. The van der Waals surface area contributed by atoms with E-state index in [-0.39, 0.29) is 23.1 Å². The van der Waals surface area contributed by atoms with Gasteiger partial charge in [0.1, 0.15) is 12.1 Å². The van der Waals surface area contributed by atoms with E-state index in [1.807, 2.05) is 45.0 Å². The molecule has 0 fully saturated rings. The molecule has 1 heterocycles. The fourth-order valence-electron chi connectivity index (χ4n) is 3.64. The molecule has 8 nitrogen and oxygen atoms in total. The lowest BCUT2D eigenvalue weighted by molar-refractivity contribution is -0.151. The van der Waals surface area contributed by atoms with Crippen molar-refractivity contribution in [3.63, 3.8) is 0 Å². The van der Waals surface area contributed by atoms with Crippen molar-refractivity contribution in [2.75, 3.05) is 7.11 Å². The van der Waals surface area contributed by atoms with Crippen LogP contribution < -0.4 is 14.8 Å². The number of pyridine rings is 1. The number of nitrogens with zero attached hydrogens (tertiary/aromatic N) is 1. The third kappa shape index (κ3) is 6.27. The van der Waals surface area contributed by atoms with E-state index in [4.69, 9.17) is 14.2 Å². The van der Waals surface area contributed by atoms with E-state index in [1.165, 1.54) is 26.3 Å². The molecule has 36 heavy (non-hydrogen) atoms. The predicted molar refractivity (Wildman–Crippen MR) is 134 cm³/mol. The van der Waals surface area contributed by atoms with E-state index in [2.05, 4.69) is 10.3 Å². The van der Waals surface area contributed by atoms with E-state index in [1.54, 1.807) is 30.3 Å². The van der Waals surface area contributed by atoms with Crippen LogP contribution in [0.4, 0.5) is 0 Å². The average Bonchev–Trinajstić information content (AvgIpc) is 2.88. The van der Waals surface area contributed by atoms with Crippen LogP contribution in [-0.4, -0.2) is 42.1 Å². The monoisotopic (exact) mass is 490 g/mol. The number of ether oxygens (including phenoxy) is 3. The van der Waals surface area contributed by atoms with Gasteiger partial charge < -0.3 is 19.5 Å².